The molecule has 0 N–H and O–H groups in total. The van der Waals surface area contributed by atoms with Crippen molar-refractivity contribution in [1.82, 2.24) is 14.7 Å². The van der Waals surface area contributed by atoms with Crippen LogP contribution in [-0.4, -0.2) is 71.4 Å². The van der Waals surface area contributed by atoms with E-state index in [1.54, 1.807) is 14.7 Å². The second-order valence-electron chi connectivity index (χ2n) is 7.00. The van der Waals surface area contributed by atoms with Gasteiger partial charge >= 0.3 is 6.09 Å². The number of nitrogens with zero attached hydrogens (tertiary/aromatic N) is 3. The van der Waals surface area contributed by atoms with Crippen molar-refractivity contribution in [3.8, 4) is 0 Å². The van der Waals surface area contributed by atoms with E-state index in [0.717, 1.165) is 18.4 Å². The van der Waals surface area contributed by atoms with Crippen molar-refractivity contribution in [2.45, 2.75) is 31.9 Å². The van der Waals surface area contributed by atoms with Crippen molar-refractivity contribution in [2.24, 2.45) is 0 Å². The Bertz CT molecular complexity index is 658. The fourth-order valence-corrected chi connectivity index (χ4v) is 3.65. The molecule has 3 amide bonds. The molecule has 2 heterocycles. The maximum atomic E-state index is 13.1. The van der Waals surface area contributed by atoms with Gasteiger partial charge in [-0.3, -0.25) is 14.5 Å². The lowest BCUT2D eigenvalue weighted by molar-refractivity contribution is -0.144. The van der Waals surface area contributed by atoms with E-state index in [2.05, 4.69) is 0 Å². The van der Waals surface area contributed by atoms with Crippen molar-refractivity contribution in [1.29, 1.82) is 0 Å². The Labute approximate surface area is 153 Å². The highest BCUT2D eigenvalue weighted by atomic mass is 16.6. The zero-order valence-corrected chi connectivity index (χ0v) is 15.1. The molecule has 3 rings (SSSR count). The Hall–Kier alpha value is -2.57. The normalized spacial score (nSPS) is 23.0. The molecular formula is C19H25N3O4. The van der Waals surface area contributed by atoms with Gasteiger partial charge in [0.2, 0.25) is 12.3 Å². The Morgan fingerprint density at radius 3 is 2.46 bits per heavy atom. The number of rotatable bonds is 4. The number of benzene rings is 1. The minimum atomic E-state index is -0.878. The van der Waals surface area contributed by atoms with Crippen LogP contribution < -0.4 is 0 Å². The monoisotopic (exact) mass is 359 g/mol. The van der Waals surface area contributed by atoms with Gasteiger partial charge in [0.15, 0.2) is 0 Å². The van der Waals surface area contributed by atoms with Crippen LogP contribution in [0.4, 0.5) is 4.79 Å². The number of piperazine rings is 1. The van der Waals surface area contributed by atoms with Crippen LogP contribution in [0.3, 0.4) is 0 Å². The summed E-state index contributed by atoms with van der Waals surface area (Å²) < 4.78 is 5.44. The van der Waals surface area contributed by atoms with Gasteiger partial charge in [0.1, 0.15) is 12.1 Å². The number of ether oxygens (including phenoxy) is 1. The van der Waals surface area contributed by atoms with Crippen LogP contribution in [-0.2, 0) is 20.9 Å². The molecule has 2 aliphatic heterocycles. The van der Waals surface area contributed by atoms with Gasteiger partial charge in [-0.05, 0) is 25.3 Å². The molecule has 26 heavy (non-hydrogen) atoms. The van der Waals surface area contributed by atoms with Crippen molar-refractivity contribution in [2.75, 3.05) is 32.7 Å². The number of likely N-dealkylation sites (tertiary alicyclic amines) is 1. The summed E-state index contributed by atoms with van der Waals surface area (Å²) in [4.78, 5) is 41.5. The molecule has 0 saturated carbocycles. The van der Waals surface area contributed by atoms with Gasteiger partial charge in [-0.1, -0.05) is 30.3 Å². The van der Waals surface area contributed by atoms with Crippen LogP contribution in [0.2, 0.25) is 0 Å². The van der Waals surface area contributed by atoms with E-state index >= 15 is 0 Å². The van der Waals surface area contributed by atoms with Gasteiger partial charge in [-0.15, -0.1) is 0 Å². The topological polar surface area (TPSA) is 70.2 Å². The summed E-state index contributed by atoms with van der Waals surface area (Å²) in [5, 5.41) is 0. The first-order valence-corrected chi connectivity index (χ1v) is 9.01. The number of hydrogen-bond acceptors (Lipinski definition) is 4. The van der Waals surface area contributed by atoms with Gasteiger partial charge < -0.3 is 14.5 Å². The number of hydrogen-bond donors (Lipinski definition) is 0. The fraction of sp³-hybridized carbons (Fsp3) is 0.526. The van der Waals surface area contributed by atoms with E-state index in [-0.39, 0.29) is 12.5 Å². The zero-order valence-electron chi connectivity index (χ0n) is 15.1. The molecule has 1 aromatic rings. The minimum absolute atomic E-state index is 0.0581. The predicted molar refractivity (Wildman–Crippen MR) is 95.2 cm³/mol. The molecule has 1 unspecified atom stereocenters. The third kappa shape index (κ3) is 3.66. The molecule has 1 atom stereocenters. The molecule has 0 aliphatic carbocycles. The lowest BCUT2D eigenvalue weighted by Gasteiger charge is -2.40. The minimum Gasteiger partial charge on any atom is -0.445 e. The molecule has 0 aromatic heterocycles. The molecule has 0 bridgehead atoms. The number of amides is 3. The molecule has 140 valence electrons. The highest BCUT2D eigenvalue weighted by Gasteiger charge is 2.48. The summed E-state index contributed by atoms with van der Waals surface area (Å²) >= 11 is 0. The molecule has 7 nitrogen and oxygen atoms in total. The third-order valence-electron chi connectivity index (χ3n) is 5.28. The molecule has 2 aliphatic rings. The zero-order chi connectivity index (χ0) is 18.6. The third-order valence-corrected chi connectivity index (χ3v) is 5.28. The largest absolute Gasteiger partial charge is 0.445 e. The van der Waals surface area contributed by atoms with E-state index < -0.39 is 11.6 Å². The molecule has 0 spiro atoms. The van der Waals surface area contributed by atoms with Crippen LogP contribution in [0, 0.1) is 0 Å². The molecule has 7 heteroatoms. The molecular weight excluding hydrogens is 334 g/mol. The molecule has 0 radical (unpaired) electrons. The van der Waals surface area contributed by atoms with Gasteiger partial charge in [-0.2, -0.15) is 0 Å². The molecule has 2 fully saturated rings. The Morgan fingerprint density at radius 2 is 1.81 bits per heavy atom. The Morgan fingerprint density at radius 1 is 1.12 bits per heavy atom. The van der Waals surface area contributed by atoms with Gasteiger partial charge in [0.25, 0.3) is 0 Å². The lowest BCUT2D eigenvalue weighted by Crippen LogP contribution is -2.60. The second-order valence-corrected chi connectivity index (χ2v) is 7.00. The first-order chi connectivity index (χ1) is 12.5. The summed E-state index contributed by atoms with van der Waals surface area (Å²) in [5.74, 6) is -0.0581. The maximum absolute atomic E-state index is 13.1. The number of carbonyl (C=O) groups excluding carboxylic acids is 3. The summed E-state index contributed by atoms with van der Waals surface area (Å²) in [7, 11) is 0. The van der Waals surface area contributed by atoms with Crippen LogP contribution in [0.25, 0.3) is 0 Å². The average Bonchev–Trinajstić information content (AvgIpc) is 3.09. The lowest BCUT2D eigenvalue weighted by atomic mass is 9.96. The predicted octanol–water partition coefficient (Wildman–Crippen LogP) is 1.48. The van der Waals surface area contributed by atoms with E-state index in [1.807, 2.05) is 37.3 Å². The molecule has 2 saturated heterocycles. The summed E-state index contributed by atoms with van der Waals surface area (Å²) in [6, 6.07) is 9.49. The van der Waals surface area contributed by atoms with E-state index in [0.29, 0.717) is 39.1 Å². The van der Waals surface area contributed by atoms with Crippen LogP contribution in [0.5, 0.6) is 0 Å². The first kappa shape index (κ1) is 18.2. The van der Waals surface area contributed by atoms with Crippen molar-refractivity contribution >= 4 is 18.4 Å². The Kier molecular flexibility index (Phi) is 5.44. The number of carbonyl (C=O) groups is 3. The standard InChI is InChI=1S/C19H25N3O4/c1-19(17(24)21-12-10-20(15-23)11-13-21)8-5-9-22(19)18(25)26-14-16-6-3-2-4-7-16/h2-4,6-7,15H,5,8-14H2,1H3. The van der Waals surface area contributed by atoms with Crippen molar-refractivity contribution in [3.05, 3.63) is 35.9 Å². The molecule has 1 aromatic carbocycles. The van der Waals surface area contributed by atoms with Gasteiger partial charge in [0.05, 0.1) is 0 Å². The van der Waals surface area contributed by atoms with Crippen LogP contribution in [0.15, 0.2) is 30.3 Å². The van der Waals surface area contributed by atoms with E-state index in [1.165, 1.54) is 0 Å². The maximum Gasteiger partial charge on any atom is 0.410 e. The van der Waals surface area contributed by atoms with Crippen molar-refractivity contribution in [3.63, 3.8) is 0 Å². The van der Waals surface area contributed by atoms with Crippen LogP contribution in [0.1, 0.15) is 25.3 Å². The highest BCUT2D eigenvalue weighted by molar-refractivity contribution is 5.90. The summed E-state index contributed by atoms with van der Waals surface area (Å²) in [6.45, 7) is 4.59. The van der Waals surface area contributed by atoms with Gasteiger partial charge in [-0.25, -0.2) is 4.79 Å². The summed E-state index contributed by atoms with van der Waals surface area (Å²) in [5.41, 5.74) is 0.0370. The van der Waals surface area contributed by atoms with E-state index in [4.69, 9.17) is 4.74 Å². The van der Waals surface area contributed by atoms with Crippen LogP contribution >= 0.6 is 0 Å². The van der Waals surface area contributed by atoms with Crippen molar-refractivity contribution < 1.29 is 19.1 Å². The first-order valence-electron chi connectivity index (χ1n) is 9.01. The summed E-state index contributed by atoms with van der Waals surface area (Å²) in [6.07, 6.45) is 1.76. The highest BCUT2D eigenvalue weighted by Crippen LogP contribution is 2.32. The quantitative estimate of drug-likeness (QED) is 0.764. The SMILES string of the molecule is CC1(C(=O)N2CCN(C=O)CC2)CCCN1C(=O)OCc1ccccc1. The smallest absolute Gasteiger partial charge is 0.410 e. The Balaban J connectivity index is 1.63. The average molecular weight is 359 g/mol. The van der Waals surface area contributed by atoms with E-state index in [9.17, 15) is 14.4 Å². The fourth-order valence-electron chi connectivity index (χ4n) is 3.65. The van der Waals surface area contributed by atoms with Gasteiger partial charge in [0, 0.05) is 32.7 Å². The second kappa shape index (κ2) is 7.76.